The topological polar surface area (TPSA) is 15.3 Å². The molecule has 1 fully saturated rings. The molecule has 2 atom stereocenters. The average molecular weight is 283 g/mol. The average Bonchev–Trinajstić information content (AvgIpc) is 2.51. The van der Waals surface area contributed by atoms with Gasteiger partial charge in [0.25, 0.3) is 0 Å². The Bertz CT molecular complexity index is 368. The standard InChI is InChI=1S/C13H19BrN2/c1-9-4-5-13(12(14)6-9)15-11-7-10(2)16(3)8-11/h4-6,10-11,15H,7-8H2,1-3H3. The molecule has 1 saturated heterocycles. The van der Waals surface area contributed by atoms with Crippen LogP contribution in [-0.4, -0.2) is 30.6 Å². The Morgan fingerprint density at radius 3 is 2.75 bits per heavy atom. The molecule has 0 aromatic heterocycles. The molecule has 1 aliphatic heterocycles. The molecule has 0 amide bonds. The van der Waals surface area contributed by atoms with E-state index in [-0.39, 0.29) is 0 Å². The van der Waals surface area contributed by atoms with Gasteiger partial charge >= 0.3 is 0 Å². The number of halogens is 1. The van der Waals surface area contributed by atoms with E-state index < -0.39 is 0 Å². The lowest BCUT2D eigenvalue weighted by molar-refractivity contribution is 0.330. The van der Waals surface area contributed by atoms with E-state index in [4.69, 9.17) is 0 Å². The van der Waals surface area contributed by atoms with Gasteiger partial charge in [-0.05, 0) is 60.9 Å². The monoisotopic (exact) mass is 282 g/mol. The van der Waals surface area contributed by atoms with Gasteiger partial charge in [-0.3, -0.25) is 0 Å². The first kappa shape index (κ1) is 11.9. The van der Waals surface area contributed by atoms with Crippen LogP contribution in [0.3, 0.4) is 0 Å². The molecule has 1 aromatic carbocycles. The molecular weight excluding hydrogens is 264 g/mol. The number of nitrogens with zero attached hydrogens (tertiary/aromatic N) is 1. The number of hydrogen-bond donors (Lipinski definition) is 1. The van der Waals surface area contributed by atoms with Gasteiger partial charge in [0.15, 0.2) is 0 Å². The number of rotatable bonds is 2. The molecule has 0 aliphatic carbocycles. The van der Waals surface area contributed by atoms with Gasteiger partial charge in [0, 0.05) is 28.8 Å². The van der Waals surface area contributed by atoms with Crippen molar-refractivity contribution in [3.05, 3.63) is 28.2 Å². The zero-order valence-electron chi connectivity index (χ0n) is 10.1. The van der Waals surface area contributed by atoms with Crippen LogP contribution in [0.25, 0.3) is 0 Å². The molecule has 0 spiro atoms. The van der Waals surface area contributed by atoms with Crippen LogP contribution < -0.4 is 5.32 Å². The summed E-state index contributed by atoms with van der Waals surface area (Å²) in [4.78, 5) is 2.40. The van der Waals surface area contributed by atoms with Crippen LogP contribution in [0.5, 0.6) is 0 Å². The molecule has 2 rings (SSSR count). The Labute approximate surface area is 106 Å². The molecule has 0 bridgehead atoms. The molecular formula is C13H19BrN2. The van der Waals surface area contributed by atoms with E-state index in [1.54, 1.807) is 0 Å². The first-order valence-electron chi connectivity index (χ1n) is 5.79. The van der Waals surface area contributed by atoms with Gasteiger partial charge in [-0.15, -0.1) is 0 Å². The number of aryl methyl sites for hydroxylation is 1. The first-order chi connectivity index (χ1) is 7.56. The second-order valence-corrected chi connectivity index (χ2v) is 5.70. The maximum atomic E-state index is 3.61. The van der Waals surface area contributed by atoms with E-state index in [1.807, 2.05) is 0 Å². The third-order valence-electron chi connectivity index (χ3n) is 3.37. The van der Waals surface area contributed by atoms with Gasteiger partial charge in [-0.2, -0.15) is 0 Å². The van der Waals surface area contributed by atoms with Crippen molar-refractivity contribution in [3.63, 3.8) is 0 Å². The molecule has 16 heavy (non-hydrogen) atoms. The minimum atomic E-state index is 0.569. The lowest BCUT2D eigenvalue weighted by Gasteiger charge is -2.15. The van der Waals surface area contributed by atoms with Crippen molar-refractivity contribution in [2.45, 2.75) is 32.4 Å². The fourth-order valence-corrected chi connectivity index (χ4v) is 2.86. The summed E-state index contributed by atoms with van der Waals surface area (Å²) in [5.41, 5.74) is 2.49. The van der Waals surface area contributed by atoms with E-state index >= 15 is 0 Å². The van der Waals surface area contributed by atoms with Gasteiger partial charge in [0.2, 0.25) is 0 Å². The maximum absolute atomic E-state index is 3.61. The highest BCUT2D eigenvalue weighted by Gasteiger charge is 2.26. The van der Waals surface area contributed by atoms with E-state index in [1.165, 1.54) is 17.7 Å². The number of nitrogens with one attached hydrogen (secondary N) is 1. The van der Waals surface area contributed by atoms with Crippen LogP contribution in [0.1, 0.15) is 18.9 Å². The fourth-order valence-electron chi connectivity index (χ4n) is 2.26. The maximum Gasteiger partial charge on any atom is 0.0487 e. The number of likely N-dealkylation sites (N-methyl/N-ethyl adjacent to an activating group) is 1. The number of likely N-dealkylation sites (tertiary alicyclic amines) is 1. The van der Waals surface area contributed by atoms with Gasteiger partial charge in [-0.1, -0.05) is 6.07 Å². The molecule has 3 heteroatoms. The molecule has 88 valence electrons. The zero-order valence-corrected chi connectivity index (χ0v) is 11.7. The molecule has 1 aliphatic rings. The smallest absolute Gasteiger partial charge is 0.0487 e. The van der Waals surface area contributed by atoms with Gasteiger partial charge in [0.1, 0.15) is 0 Å². The highest BCUT2D eigenvalue weighted by Crippen LogP contribution is 2.26. The zero-order chi connectivity index (χ0) is 11.7. The van der Waals surface area contributed by atoms with Crippen LogP contribution in [0, 0.1) is 6.92 Å². The predicted octanol–water partition coefficient (Wildman–Crippen LogP) is 3.26. The lowest BCUT2D eigenvalue weighted by Crippen LogP contribution is -2.24. The third-order valence-corrected chi connectivity index (χ3v) is 4.03. The van der Waals surface area contributed by atoms with Crippen molar-refractivity contribution in [2.75, 3.05) is 18.9 Å². The quantitative estimate of drug-likeness (QED) is 0.896. The summed E-state index contributed by atoms with van der Waals surface area (Å²) in [7, 11) is 2.19. The SMILES string of the molecule is Cc1ccc(NC2CC(C)N(C)C2)c(Br)c1. The summed E-state index contributed by atoms with van der Waals surface area (Å²) >= 11 is 3.61. The summed E-state index contributed by atoms with van der Waals surface area (Å²) < 4.78 is 1.16. The summed E-state index contributed by atoms with van der Waals surface area (Å²) in [6.07, 6.45) is 1.22. The molecule has 1 heterocycles. The Balaban J connectivity index is 2.05. The highest BCUT2D eigenvalue weighted by atomic mass is 79.9. The number of benzene rings is 1. The van der Waals surface area contributed by atoms with E-state index in [0.29, 0.717) is 12.1 Å². The molecule has 2 unspecified atom stereocenters. The van der Waals surface area contributed by atoms with Crippen LogP contribution in [0.4, 0.5) is 5.69 Å². The van der Waals surface area contributed by atoms with Gasteiger partial charge in [-0.25, -0.2) is 0 Å². The van der Waals surface area contributed by atoms with Crippen molar-refractivity contribution in [2.24, 2.45) is 0 Å². The third kappa shape index (κ3) is 2.58. The van der Waals surface area contributed by atoms with Crippen molar-refractivity contribution in [1.82, 2.24) is 4.90 Å². The largest absolute Gasteiger partial charge is 0.380 e. The van der Waals surface area contributed by atoms with E-state index in [9.17, 15) is 0 Å². The lowest BCUT2D eigenvalue weighted by atomic mass is 10.1. The minimum Gasteiger partial charge on any atom is -0.380 e. The fraction of sp³-hybridized carbons (Fsp3) is 0.538. The second kappa shape index (κ2) is 4.76. The normalized spacial score (nSPS) is 26.0. The summed E-state index contributed by atoms with van der Waals surface area (Å²) in [6, 6.07) is 7.71. The second-order valence-electron chi connectivity index (χ2n) is 4.85. The van der Waals surface area contributed by atoms with Crippen molar-refractivity contribution >= 4 is 21.6 Å². The summed E-state index contributed by atoms with van der Waals surface area (Å²) in [5.74, 6) is 0. The van der Waals surface area contributed by atoms with Crippen LogP contribution in [0.2, 0.25) is 0 Å². The molecule has 1 N–H and O–H groups in total. The minimum absolute atomic E-state index is 0.569. The van der Waals surface area contributed by atoms with Crippen LogP contribution in [0.15, 0.2) is 22.7 Å². The van der Waals surface area contributed by atoms with Crippen molar-refractivity contribution in [3.8, 4) is 0 Å². The Morgan fingerprint density at radius 1 is 1.44 bits per heavy atom. The summed E-state index contributed by atoms with van der Waals surface area (Å²) in [5, 5.41) is 3.61. The molecule has 0 saturated carbocycles. The Kier molecular flexibility index (Phi) is 3.55. The van der Waals surface area contributed by atoms with Crippen molar-refractivity contribution < 1.29 is 0 Å². The summed E-state index contributed by atoms with van der Waals surface area (Å²) in [6.45, 7) is 5.52. The number of anilines is 1. The highest BCUT2D eigenvalue weighted by molar-refractivity contribution is 9.10. The Hall–Kier alpha value is -0.540. The number of hydrogen-bond acceptors (Lipinski definition) is 2. The molecule has 2 nitrogen and oxygen atoms in total. The predicted molar refractivity (Wildman–Crippen MR) is 73.0 cm³/mol. The van der Waals surface area contributed by atoms with Crippen LogP contribution >= 0.6 is 15.9 Å². The van der Waals surface area contributed by atoms with Crippen molar-refractivity contribution in [1.29, 1.82) is 0 Å². The van der Waals surface area contributed by atoms with Crippen LogP contribution in [-0.2, 0) is 0 Å². The molecule has 0 radical (unpaired) electrons. The first-order valence-corrected chi connectivity index (χ1v) is 6.58. The Morgan fingerprint density at radius 2 is 2.19 bits per heavy atom. The van der Waals surface area contributed by atoms with E-state index in [2.05, 4.69) is 65.2 Å². The van der Waals surface area contributed by atoms with E-state index in [0.717, 1.165) is 11.0 Å². The van der Waals surface area contributed by atoms with Gasteiger partial charge in [0.05, 0.1) is 0 Å². The van der Waals surface area contributed by atoms with Gasteiger partial charge < -0.3 is 10.2 Å². The molecule has 1 aromatic rings.